The highest BCUT2D eigenvalue weighted by Crippen LogP contribution is 2.26. The summed E-state index contributed by atoms with van der Waals surface area (Å²) in [5, 5.41) is 3.25. The monoisotopic (exact) mass is 646 g/mol. The van der Waals surface area contributed by atoms with E-state index < -0.39 is 60.4 Å². The highest BCUT2D eigenvalue weighted by atomic mass is 32.1. The van der Waals surface area contributed by atoms with E-state index in [4.69, 9.17) is 33.2 Å². The van der Waals surface area contributed by atoms with Gasteiger partial charge in [0, 0.05) is 32.1 Å². The van der Waals surface area contributed by atoms with Crippen molar-refractivity contribution in [1.82, 2.24) is 14.1 Å². The molecule has 5 atom stereocenters. The molecule has 1 aromatic rings. The van der Waals surface area contributed by atoms with Gasteiger partial charge in [0.2, 0.25) is 5.82 Å². The molecule has 0 aliphatic carbocycles. The molecule has 1 saturated heterocycles. The minimum absolute atomic E-state index is 0.0566. The van der Waals surface area contributed by atoms with Crippen LogP contribution in [0.25, 0.3) is 0 Å². The van der Waals surface area contributed by atoms with Gasteiger partial charge >= 0.3 is 29.8 Å². The topological polar surface area (TPSA) is 191 Å². The molecule has 0 spiro atoms. The van der Waals surface area contributed by atoms with Crippen molar-refractivity contribution < 1.29 is 57.1 Å². The van der Waals surface area contributed by atoms with Gasteiger partial charge in [-0.15, -0.1) is 4.37 Å². The van der Waals surface area contributed by atoms with Crippen LogP contribution in [-0.2, 0) is 52.4 Å². The van der Waals surface area contributed by atoms with Gasteiger partial charge in [0.1, 0.15) is 12.7 Å². The van der Waals surface area contributed by atoms with Gasteiger partial charge in [-0.2, -0.15) is 4.37 Å². The van der Waals surface area contributed by atoms with E-state index >= 15 is 0 Å². The molecule has 17 heteroatoms. The normalized spacial score (nSPS) is 16.9. The van der Waals surface area contributed by atoms with Crippen molar-refractivity contribution in [1.29, 1.82) is 0 Å². The molecule has 0 radical (unpaired) electrons. The molecule has 1 N–H and O–H groups in total. The van der Waals surface area contributed by atoms with Gasteiger partial charge in [0.05, 0.1) is 24.9 Å². The summed E-state index contributed by atoms with van der Waals surface area (Å²) in [7, 11) is 0. The van der Waals surface area contributed by atoms with Crippen molar-refractivity contribution in [3.05, 3.63) is 0 Å². The molecule has 1 aromatic heterocycles. The third-order valence-electron chi connectivity index (χ3n) is 5.85. The molecule has 0 saturated carbocycles. The molecule has 2 heterocycles. The summed E-state index contributed by atoms with van der Waals surface area (Å²) in [4.78, 5) is 62.7. The van der Waals surface area contributed by atoms with Crippen molar-refractivity contribution in [3.8, 4) is 5.88 Å². The summed E-state index contributed by atoms with van der Waals surface area (Å²) in [6, 6.07) is 0. The SMILES string of the molecule is CC(=O)O[C@@H](C)C(=O)O[C@@H](C)C(=O)O[C@@H](C)C(=O)O[C@@H](C)C(=O)O[C@@H](CNC(C)(C)C)COc1nsnc1N1CCOCC1. The largest absolute Gasteiger partial charge is 0.470 e. The van der Waals surface area contributed by atoms with Gasteiger partial charge in [-0.1, -0.05) is 0 Å². The zero-order valence-corrected chi connectivity index (χ0v) is 27.1. The molecule has 0 amide bonds. The minimum atomic E-state index is -1.44. The Morgan fingerprint density at radius 3 is 1.77 bits per heavy atom. The molecule has 2 rings (SSSR count). The van der Waals surface area contributed by atoms with E-state index in [0.29, 0.717) is 38.0 Å². The average Bonchev–Trinajstić information content (AvgIpc) is 3.42. The summed E-state index contributed by atoms with van der Waals surface area (Å²) in [5.41, 5.74) is -0.298. The number of hydrogen-bond donors (Lipinski definition) is 1. The van der Waals surface area contributed by atoms with Crippen molar-refractivity contribution in [2.75, 3.05) is 44.4 Å². The van der Waals surface area contributed by atoms with E-state index in [0.717, 1.165) is 18.7 Å². The highest BCUT2D eigenvalue weighted by molar-refractivity contribution is 6.99. The fourth-order valence-electron chi connectivity index (χ4n) is 3.47. The van der Waals surface area contributed by atoms with E-state index in [2.05, 4.69) is 14.1 Å². The summed E-state index contributed by atoms with van der Waals surface area (Å²) in [5.74, 6) is -3.71. The number of nitrogens with one attached hydrogen (secondary N) is 1. The molecule has 16 nitrogen and oxygen atoms in total. The van der Waals surface area contributed by atoms with E-state index in [1.54, 1.807) is 0 Å². The van der Waals surface area contributed by atoms with Crippen LogP contribution in [0.5, 0.6) is 5.88 Å². The Morgan fingerprint density at radius 2 is 1.30 bits per heavy atom. The van der Waals surface area contributed by atoms with Crippen LogP contribution in [0.1, 0.15) is 55.4 Å². The summed E-state index contributed by atoms with van der Waals surface area (Å²) in [6.45, 7) is 14.6. The van der Waals surface area contributed by atoms with E-state index in [9.17, 15) is 24.0 Å². The second-order valence-electron chi connectivity index (χ2n) is 11.0. The molecule has 1 fully saturated rings. The van der Waals surface area contributed by atoms with Crippen LogP contribution in [0.2, 0.25) is 0 Å². The summed E-state index contributed by atoms with van der Waals surface area (Å²) < 4.78 is 45.2. The van der Waals surface area contributed by atoms with Crippen LogP contribution in [0.4, 0.5) is 5.82 Å². The number of hydrogen-bond acceptors (Lipinski definition) is 17. The lowest BCUT2D eigenvalue weighted by molar-refractivity contribution is -0.185. The molecular weight excluding hydrogens is 604 g/mol. The number of aromatic nitrogens is 2. The fourth-order valence-corrected chi connectivity index (χ4v) is 3.99. The molecule has 0 bridgehead atoms. The van der Waals surface area contributed by atoms with Crippen LogP contribution in [-0.4, -0.2) is 114 Å². The molecular formula is C27H42N4O12S. The molecule has 248 valence electrons. The lowest BCUT2D eigenvalue weighted by Gasteiger charge is -2.28. The van der Waals surface area contributed by atoms with E-state index in [-0.39, 0.29) is 18.7 Å². The van der Waals surface area contributed by atoms with Gasteiger partial charge in [-0.05, 0) is 48.5 Å². The van der Waals surface area contributed by atoms with Gasteiger partial charge in [-0.25, -0.2) is 19.2 Å². The zero-order chi connectivity index (χ0) is 33.0. The van der Waals surface area contributed by atoms with Crippen LogP contribution in [0.15, 0.2) is 0 Å². The number of anilines is 1. The lowest BCUT2D eigenvalue weighted by Crippen LogP contribution is -2.45. The number of rotatable bonds is 15. The van der Waals surface area contributed by atoms with Gasteiger partial charge in [0.15, 0.2) is 24.4 Å². The Bertz CT molecular complexity index is 1130. The first-order valence-corrected chi connectivity index (χ1v) is 14.8. The van der Waals surface area contributed by atoms with Crippen molar-refractivity contribution >= 4 is 47.4 Å². The maximum Gasteiger partial charge on any atom is 0.347 e. The Kier molecular flexibility index (Phi) is 14.2. The van der Waals surface area contributed by atoms with Crippen molar-refractivity contribution in [2.45, 2.75) is 91.4 Å². The van der Waals surface area contributed by atoms with Crippen molar-refractivity contribution in [2.24, 2.45) is 0 Å². The Hall–Kier alpha value is -3.57. The second kappa shape index (κ2) is 17.1. The summed E-state index contributed by atoms with van der Waals surface area (Å²) >= 11 is 1.00. The standard InChI is InChI=1S/C27H42N4O12S/c1-15(39-19(5)32)23(33)40-16(2)24(34)41-17(3)25(35)42-18(4)26(36)43-20(13-28-27(6,7)8)14-38-22-21(29-44-30-22)31-9-11-37-12-10-31/h15-18,20,28H,9-14H2,1-8H3/t15-,16-,17-,18-,20-/m0/s1. The van der Waals surface area contributed by atoms with E-state index in [1.165, 1.54) is 27.7 Å². The number of esters is 5. The van der Waals surface area contributed by atoms with Crippen LogP contribution in [0.3, 0.4) is 0 Å². The second-order valence-corrected chi connectivity index (χ2v) is 11.5. The predicted molar refractivity (Wildman–Crippen MR) is 154 cm³/mol. The fraction of sp³-hybridized carbons (Fsp3) is 0.741. The molecule has 1 aliphatic rings. The Balaban J connectivity index is 1.92. The number of ether oxygens (including phenoxy) is 7. The third kappa shape index (κ3) is 12.6. The van der Waals surface area contributed by atoms with Gasteiger partial charge < -0.3 is 43.4 Å². The third-order valence-corrected chi connectivity index (χ3v) is 6.35. The Morgan fingerprint density at radius 1 is 0.818 bits per heavy atom. The quantitative estimate of drug-likeness (QED) is 0.208. The van der Waals surface area contributed by atoms with Crippen LogP contribution < -0.4 is 15.0 Å². The number of carbonyl (C=O) groups is 5. The minimum Gasteiger partial charge on any atom is -0.470 e. The maximum atomic E-state index is 12.9. The molecule has 44 heavy (non-hydrogen) atoms. The maximum absolute atomic E-state index is 12.9. The molecule has 0 aromatic carbocycles. The van der Waals surface area contributed by atoms with Crippen LogP contribution in [0, 0.1) is 0 Å². The first-order chi connectivity index (χ1) is 20.6. The lowest BCUT2D eigenvalue weighted by atomic mass is 10.1. The van der Waals surface area contributed by atoms with Crippen LogP contribution >= 0.6 is 11.7 Å². The number of morpholine rings is 1. The van der Waals surface area contributed by atoms with Gasteiger partial charge in [-0.3, -0.25) is 4.79 Å². The average molecular weight is 647 g/mol. The van der Waals surface area contributed by atoms with Crippen molar-refractivity contribution in [3.63, 3.8) is 0 Å². The zero-order valence-electron chi connectivity index (χ0n) is 26.3. The first-order valence-electron chi connectivity index (χ1n) is 14.1. The van der Waals surface area contributed by atoms with Gasteiger partial charge in [0.25, 0.3) is 5.88 Å². The number of nitrogens with zero attached hydrogens (tertiary/aromatic N) is 3. The smallest absolute Gasteiger partial charge is 0.347 e. The predicted octanol–water partition coefficient (Wildman–Crippen LogP) is 0.800. The summed E-state index contributed by atoms with van der Waals surface area (Å²) in [6.07, 6.45) is -6.24. The molecule has 0 unspecified atom stereocenters. The molecule has 1 aliphatic heterocycles. The number of carbonyl (C=O) groups excluding carboxylic acids is 5. The first kappa shape index (κ1) is 36.6. The van der Waals surface area contributed by atoms with E-state index in [1.807, 2.05) is 25.7 Å². The highest BCUT2D eigenvalue weighted by Gasteiger charge is 2.31. The Labute approximate surface area is 260 Å².